The van der Waals surface area contributed by atoms with Gasteiger partial charge in [-0.05, 0) is 5.56 Å². The summed E-state index contributed by atoms with van der Waals surface area (Å²) in [6.07, 6.45) is -0.498. The van der Waals surface area contributed by atoms with Gasteiger partial charge >= 0.3 is 12.1 Å². The zero-order valence-corrected chi connectivity index (χ0v) is 11.2. The fourth-order valence-electron chi connectivity index (χ4n) is 2.19. The van der Waals surface area contributed by atoms with E-state index in [9.17, 15) is 9.59 Å². The van der Waals surface area contributed by atoms with Crippen molar-refractivity contribution in [3.63, 3.8) is 0 Å². The van der Waals surface area contributed by atoms with E-state index < -0.39 is 17.5 Å². The molecule has 0 bridgehead atoms. The lowest BCUT2D eigenvalue weighted by Crippen LogP contribution is -2.64. The van der Waals surface area contributed by atoms with Crippen LogP contribution < -0.4 is 0 Å². The Bertz CT molecular complexity index is 482. The van der Waals surface area contributed by atoms with Crippen molar-refractivity contribution >= 4 is 12.1 Å². The van der Waals surface area contributed by atoms with Crippen LogP contribution in [0.4, 0.5) is 4.79 Å². The second-order valence-electron chi connectivity index (χ2n) is 4.91. The summed E-state index contributed by atoms with van der Waals surface area (Å²) < 4.78 is 10.0. The van der Waals surface area contributed by atoms with Gasteiger partial charge in [0, 0.05) is 20.2 Å². The van der Waals surface area contributed by atoms with Gasteiger partial charge in [0.05, 0.1) is 6.61 Å². The Hall–Kier alpha value is -2.08. The fourth-order valence-corrected chi connectivity index (χ4v) is 2.19. The molecule has 1 aromatic carbocycles. The minimum absolute atomic E-state index is 0.0881. The monoisotopic (exact) mass is 279 g/mol. The van der Waals surface area contributed by atoms with E-state index in [4.69, 9.17) is 14.6 Å². The molecular weight excluding hydrogens is 262 g/mol. The van der Waals surface area contributed by atoms with Crippen LogP contribution >= 0.6 is 0 Å². The largest absolute Gasteiger partial charge is 0.481 e. The van der Waals surface area contributed by atoms with E-state index in [-0.39, 0.29) is 26.3 Å². The molecule has 108 valence electrons. The van der Waals surface area contributed by atoms with Gasteiger partial charge in [-0.3, -0.25) is 4.79 Å². The lowest BCUT2D eigenvalue weighted by atomic mass is 9.81. The zero-order valence-electron chi connectivity index (χ0n) is 11.2. The number of carbonyl (C=O) groups excluding carboxylic acids is 1. The Morgan fingerprint density at radius 2 is 1.95 bits per heavy atom. The molecule has 6 heteroatoms. The average molecular weight is 279 g/mol. The number of carboxylic acids is 1. The highest BCUT2D eigenvalue weighted by molar-refractivity contribution is 5.80. The van der Waals surface area contributed by atoms with Crippen molar-refractivity contribution in [3.05, 3.63) is 35.9 Å². The van der Waals surface area contributed by atoms with E-state index >= 15 is 0 Å². The van der Waals surface area contributed by atoms with Crippen LogP contribution in [0.3, 0.4) is 0 Å². The number of ether oxygens (including phenoxy) is 2. The van der Waals surface area contributed by atoms with Gasteiger partial charge in [-0.1, -0.05) is 30.3 Å². The maximum atomic E-state index is 11.8. The van der Waals surface area contributed by atoms with E-state index in [2.05, 4.69) is 0 Å². The standard InChI is InChI=1S/C14H17NO5/c1-19-10-14(12(16)17)8-15(9-14)13(18)20-7-11-5-3-2-4-6-11/h2-6H,7-10H2,1H3,(H,16,17). The first-order valence-corrected chi connectivity index (χ1v) is 6.25. The van der Waals surface area contributed by atoms with Gasteiger partial charge in [-0.2, -0.15) is 0 Å². The molecule has 1 N–H and O–H groups in total. The Balaban J connectivity index is 1.83. The second kappa shape index (κ2) is 5.92. The SMILES string of the molecule is COCC1(C(=O)O)CN(C(=O)OCc2ccccc2)C1. The van der Waals surface area contributed by atoms with E-state index in [1.807, 2.05) is 30.3 Å². The summed E-state index contributed by atoms with van der Waals surface area (Å²) in [5.41, 5.74) is -0.108. The number of amides is 1. The molecule has 1 heterocycles. The summed E-state index contributed by atoms with van der Waals surface area (Å²) in [7, 11) is 1.45. The summed E-state index contributed by atoms with van der Waals surface area (Å²) >= 11 is 0. The highest BCUT2D eigenvalue weighted by Gasteiger charge is 2.52. The molecule has 0 unspecified atom stereocenters. The first-order chi connectivity index (χ1) is 9.57. The predicted octanol–water partition coefficient (Wildman–Crippen LogP) is 1.36. The Morgan fingerprint density at radius 1 is 1.30 bits per heavy atom. The van der Waals surface area contributed by atoms with Crippen molar-refractivity contribution in [2.24, 2.45) is 5.41 Å². The number of benzene rings is 1. The van der Waals surface area contributed by atoms with E-state index in [1.165, 1.54) is 12.0 Å². The fraction of sp³-hybridized carbons (Fsp3) is 0.429. The van der Waals surface area contributed by atoms with Crippen molar-refractivity contribution < 1.29 is 24.2 Å². The highest BCUT2D eigenvalue weighted by atomic mass is 16.6. The number of rotatable bonds is 5. The molecule has 1 aliphatic rings. The maximum absolute atomic E-state index is 11.8. The van der Waals surface area contributed by atoms with Gasteiger partial charge in [0.15, 0.2) is 0 Å². The zero-order chi connectivity index (χ0) is 14.6. The average Bonchev–Trinajstić information content (AvgIpc) is 2.40. The normalized spacial score (nSPS) is 16.4. The summed E-state index contributed by atoms with van der Waals surface area (Å²) in [6.45, 7) is 0.499. The molecule has 2 rings (SSSR count). The summed E-state index contributed by atoms with van der Waals surface area (Å²) in [5.74, 6) is -0.952. The third kappa shape index (κ3) is 2.91. The molecule has 0 radical (unpaired) electrons. The lowest BCUT2D eigenvalue weighted by molar-refractivity contribution is -0.164. The number of hydrogen-bond donors (Lipinski definition) is 1. The molecule has 0 saturated carbocycles. The topological polar surface area (TPSA) is 76.1 Å². The number of aliphatic carboxylic acids is 1. The Kier molecular flexibility index (Phi) is 4.24. The molecule has 1 saturated heterocycles. The molecule has 0 atom stereocenters. The number of hydrogen-bond acceptors (Lipinski definition) is 4. The van der Waals surface area contributed by atoms with Gasteiger partial charge in [0.1, 0.15) is 12.0 Å². The third-order valence-electron chi connectivity index (χ3n) is 3.32. The van der Waals surface area contributed by atoms with Crippen LogP contribution in [0.25, 0.3) is 0 Å². The van der Waals surface area contributed by atoms with Crippen molar-refractivity contribution in [2.75, 3.05) is 26.8 Å². The van der Waals surface area contributed by atoms with Crippen LogP contribution in [0.2, 0.25) is 0 Å². The minimum Gasteiger partial charge on any atom is -0.481 e. The molecule has 1 aliphatic heterocycles. The number of likely N-dealkylation sites (tertiary alicyclic amines) is 1. The van der Waals surface area contributed by atoms with Crippen molar-refractivity contribution in [3.8, 4) is 0 Å². The van der Waals surface area contributed by atoms with Crippen LogP contribution in [0, 0.1) is 5.41 Å². The molecular formula is C14H17NO5. The summed E-state index contributed by atoms with van der Waals surface area (Å²) in [5, 5.41) is 9.16. The number of methoxy groups -OCH3 is 1. The molecule has 20 heavy (non-hydrogen) atoms. The Labute approximate surface area is 116 Å². The van der Waals surface area contributed by atoms with Crippen LogP contribution in [0.5, 0.6) is 0 Å². The number of nitrogens with zero attached hydrogens (tertiary/aromatic N) is 1. The molecule has 0 spiro atoms. The maximum Gasteiger partial charge on any atom is 0.410 e. The number of carboxylic acid groups (broad SMARTS) is 1. The first-order valence-electron chi connectivity index (χ1n) is 6.25. The van der Waals surface area contributed by atoms with Gasteiger partial charge < -0.3 is 19.5 Å². The van der Waals surface area contributed by atoms with E-state index in [0.717, 1.165) is 5.56 Å². The quantitative estimate of drug-likeness (QED) is 0.880. The molecule has 1 aromatic rings. The van der Waals surface area contributed by atoms with Gasteiger partial charge in [-0.25, -0.2) is 4.79 Å². The van der Waals surface area contributed by atoms with Crippen LogP contribution in [-0.2, 0) is 20.9 Å². The van der Waals surface area contributed by atoms with Gasteiger partial charge in [0.2, 0.25) is 0 Å². The highest BCUT2D eigenvalue weighted by Crippen LogP contribution is 2.31. The molecule has 1 fully saturated rings. The minimum atomic E-state index is -0.999. The lowest BCUT2D eigenvalue weighted by Gasteiger charge is -2.45. The van der Waals surface area contributed by atoms with E-state index in [0.29, 0.717) is 0 Å². The predicted molar refractivity (Wildman–Crippen MR) is 70.1 cm³/mol. The summed E-state index contributed by atoms with van der Waals surface area (Å²) in [4.78, 5) is 24.3. The van der Waals surface area contributed by atoms with Crippen molar-refractivity contribution in [1.29, 1.82) is 0 Å². The van der Waals surface area contributed by atoms with Crippen LogP contribution in [0.1, 0.15) is 5.56 Å². The van der Waals surface area contributed by atoms with Gasteiger partial charge in [0.25, 0.3) is 0 Å². The third-order valence-corrected chi connectivity index (χ3v) is 3.32. The molecule has 6 nitrogen and oxygen atoms in total. The smallest absolute Gasteiger partial charge is 0.410 e. The van der Waals surface area contributed by atoms with Crippen molar-refractivity contribution in [2.45, 2.75) is 6.61 Å². The molecule has 1 amide bonds. The Morgan fingerprint density at radius 3 is 2.50 bits per heavy atom. The molecule has 0 aliphatic carbocycles. The van der Waals surface area contributed by atoms with Crippen LogP contribution in [0.15, 0.2) is 30.3 Å². The van der Waals surface area contributed by atoms with Gasteiger partial charge in [-0.15, -0.1) is 0 Å². The van der Waals surface area contributed by atoms with E-state index in [1.54, 1.807) is 0 Å². The first kappa shape index (κ1) is 14.3. The second-order valence-corrected chi connectivity index (χ2v) is 4.91. The summed E-state index contributed by atoms with van der Waals surface area (Å²) in [6, 6.07) is 9.32. The number of carbonyl (C=O) groups is 2. The van der Waals surface area contributed by atoms with Crippen LogP contribution in [-0.4, -0.2) is 48.9 Å². The molecule has 0 aromatic heterocycles. The van der Waals surface area contributed by atoms with Crippen molar-refractivity contribution in [1.82, 2.24) is 4.90 Å².